The maximum atomic E-state index is 13.6. The number of amides is 2. The number of methoxy groups -OCH3 is 1. The number of hydrogen-bond acceptors (Lipinski definition) is 8. The van der Waals surface area contributed by atoms with Crippen LogP contribution in [0.15, 0.2) is 29.4 Å². The lowest BCUT2D eigenvalue weighted by Gasteiger charge is -2.33. The van der Waals surface area contributed by atoms with Gasteiger partial charge < -0.3 is 24.9 Å². The normalized spacial score (nSPS) is 18.1. The fourth-order valence-electron chi connectivity index (χ4n) is 4.34. The summed E-state index contributed by atoms with van der Waals surface area (Å²) >= 11 is 0. The highest BCUT2D eigenvalue weighted by Gasteiger charge is 2.34. The summed E-state index contributed by atoms with van der Waals surface area (Å²) in [6.45, 7) is 2.56. The van der Waals surface area contributed by atoms with E-state index >= 15 is 0 Å². The number of piperidine rings is 1. The number of oxime groups is 1. The lowest BCUT2D eigenvalue weighted by molar-refractivity contribution is -0.136. The number of rotatable bonds is 7. The largest absolute Gasteiger partial charge is 0.494 e. The van der Waals surface area contributed by atoms with Gasteiger partial charge in [0.15, 0.2) is 11.6 Å². The summed E-state index contributed by atoms with van der Waals surface area (Å²) in [5.41, 5.74) is 2.06. The molecule has 1 saturated heterocycles. The van der Waals surface area contributed by atoms with Gasteiger partial charge >= 0.3 is 0 Å². The van der Waals surface area contributed by atoms with Crippen LogP contribution in [0.1, 0.15) is 46.8 Å². The molecule has 1 aromatic heterocycles. The Balaban J connectivity index is 1.37. The van der Waals surface area contributed by atoms with Gasteiger partial charge in [0.1, 0.15) is 29.9 Å². The lowest BCUT2D eigenvalue weighted by atomic mass is 9.88. The summed E-state index contributed by atoms with van der Waals surface area (Å²) in [5.74, 6) is -0.349. The molecule has 186 valence electrons. The van der Waals surface area contributed by atoms with Gasteiger partial charge in [0, 0.05) is 32.0 Å². The molecule has 3 heterocycles. The highest BCUT2D eigenvalue weighted by atomic mass is 19.1. The molecule has 0 saturated carbocycles. The van der Waals surface area contributed by atoms with Crippen LogP contribution in [0.4, 0.5) is 4.39 Å². The summed E-state index contributed by atoms with van der Waals surface area (Å²) in [4.78, 5) is 40.5. The van der Waals surface area contributed by atoms with E-state index in [1.54, 1.807) is 24.0 Å². The molecule has 4 rings (SSSR count). The standard InChI is InChI=1S/C24H28FN5O5/c1-14-27-18(19-11-21(35-29-19)16-5-7-30(8-6-16)23(32)13-31)10-20(28-14)24(33)26-12-15-3-4-17(25)22(9-15)34-2/h3-4,9-10,16,21,31H,5-8,11-13H2,1-2H3,(H,26,33). The van der Waals surface area contributed by atoms with Crippen molar-refractivity contribution in [2.24, 2.45) is 11.1 Å². The highest BCUT2D eigenvalue weighted by molar-refractivity contribution is 6.01. The number of ether oxygens (including phenoxy) is 1. The molecule has 2 aliphatic rings. The van der Waals surface area contributed by atoms with Crippen LogP contribution in [0.2, 0.25) is 0 Å². The van der Waals surface area contributed by atoms with Crippen LogP contribution in [-0.4, -0.2) is 70.4 Å². The van der Waals surface area contributed by atoms with Gasteiger partial charge in [-0.3, -0.25) is 9.59 Å². The molecule has 1 atom stereocenters. The number of carbonyl (C=O) groups excluding carboxylic acids is 2. The number of benzene rings is 1. The maximum Gasteiger partial charge on any atom is 0.270 e. The molecule has 0 radical (unpaired) electrons. The molecule has 35 heavy (non-hydrogen) atoms. The minimum absolute atomic E-state index is 0.108. The number of aromatic nitrogens is 2. The van der Waals surface area contributed by atoms with E-state index in [-0.39, 0.29) is 35.9 Å². The van der Waals surface area contributed by atoms with Gasteiger partial charge in [-0.15, -0.1) is 0 Å². The first kappa shape index (κ1) is 24.5. The third-order valence-corrected chi connectivity index (χ3v) is 6.28. The van der Waals surface area contributed by atoms with E-state index < -0.39 is 18.3 Å². The van der Waals surface area contributed by atoms with Crippen molar-refractivity contribution in [3.8, 4) is 5.75 Å². The lowest BCUT2D eigenvalue weighted by Crippen LogP contribution is -2.42. The van der Waals surface area contributed by atoms with Crippen molar-refractivity contribution in [3.63, 3.8) is 0 Å². The van der Waals surface area contributed by atoms with Crippen LogP contribution in [0.25, 0.3) is 0 Å². The maximum absolute atomic E-state index is 13.6. The van der Waals surface area contributed by atoms with E-state index in [4.69, 9.17) is 14.7 Å². The zero-order chi connectivity index (χ0) is 24.9. The van der Waals surface area contributed by atoms with Gasteiger partial charge in [-0.1, -0.05) is 11.2 Å². The molecule has 1 unspecified atom stereocenters. The number of hydrogen-bond donors (Lipinski definition) is 2. The number of nitrogens with zero attached hydrogens (tertiary/aromatic N) is 4. The molecule has 0 bridgehead atoms. The zero-order valence-corrected chi connectivity index (χ0v) is 19.7. The molecule has 2 N–H and O–H groups in total. The highest BCUT2D eigenvalue weighted by Crippen LogP contribution is 2.29. The second-order valence-electron chi connectivity index (χ2n) is 8.60. The van der Waals surface area contributed by atoms with Gasteiger partial charge in [-0.2, -0.15) is 0 Å². The second kappa shape index (κ2) is 10.8. The van der Waals surface area contributed by atoms with Crippen LogP contribution in [0.5, 0.6) is 5.75 Å². The monoisotopic (exact) mass is 485 g/mol. The molecule has 0 aliphatic carbocycles. The number of aliphatic hydroxyl groups is 1. The first-order valence-electron chi connectivity index (χ1n) is 11.5. The number of aliphatic hydroxyl groups excluding tert-OH is 1. The molecule has 10 nitrogen and oxygen atoms in total. The summed E-state index contributed by atoms with van der Waals surface area (Å²) in [7, 11) is 1.38. The minimum atomic E-state index is -0.473. The Hall–Kier alpha value is -3.60. The van der Waals surface area contributed by atoms with Crippen molar-refractivity contribution in [1.82, 2.24) is 20.2 Å². The molecule has 2 aliphatic heterocycles. The third kappa shape index (κ3) is 5.73. The number of likely N-dealkylation sites (tertiary alicyclic amines) is 1. The van der Waals surface area contributed by atoms with Gasteiger partial charge in [0.2, 0.25) is 5.91 Å². The van der Waals surface area contributed by atoms with Gasteiger partial charge in [-0.05, 0) is 43.5 Å². The Morgan fingerprint density at radius 2 is 2.03 bits per heavy atom. The summed E-state index contributed by atoms with van der Waals surface area (Å²) in [6.07, 6.45) is 1.96. The van der Waals surface area contributed by atoms with Crippen molar-refractivity contribution in [1.29, 1.82) is 0 Å². The summed E-state index contributed by atoms with van der Waals surface area (Å²) in [5, 5.41) is 16.0. The van der Waals surface area contributed by atoms with Gasteiger partial charge in [-0.25, -0.2) is 14.4 Å². The molecule has 2 amide bonds. The Morgan fingerprint density at radius 1 is 1.26 bits per heavy atom. The second-order valence-corrected chi connectivity index (χ2v) is 8.60. The SMILES string of the molecule is COc1cc(CNC(=O)c2cc(C3=NOC(C4CCN(C(=O)CO)CC4)C3)nc(C)n2)ccc1F. The van der Waals surface area contributed by atoms with Crippen molar-refractivity contribution >= 4 is 17.5 Å². The first-order valence-corrected chi connectivity index (χ1v) is 11.5. The summed E-state index contributed by atoms with van der Waals surface area (Å²) < 4.78 is 18.6. The predicted molar refractivity (Wildman–Crippen MR) is 123 cm³/mol. The van der Waals surface area contributed by atoms with Gasteiger partial charge in [0.25, 0.3) is 5.91 Å². The molecular formula is C24H28FN5O5. The fourth-order valence-corrected chi connectivity index (χ4v) is 4.34. The van der Waals surface area contributed by atoms with Crippen molar-refractivity contribution < 1.29 is 28.7 Å². The number of halogens is 1. The number of aryl methyl sites for hydroxylation is 1. The smallest absolute Gasteiger partial charge is 0.270 e. The van der Waals surface area contributed by atoms with Crippen LogP contribution >= 0.6 is 0 Å². The summed E-state index contributed by atoms with van der Waals surface area (Å²) in [6, 6.07) is 5.97. The van der Waals surface area contributed by atoms with E-state index in [2.05, 4.69) is 20.4 Å². The molecular weight excluding hydrogens is 457 g/mol. The van der Waals surface area contributed by atoms with Crippen molar-refractivity contribution in [3.05, 3.63) is 52.9 Å². The van der Waals surface area contributed by atoms with Crippen LogP contribution in [0.3, 0.4) is 0 Å². The molecule has 0 spiro atoms. The molecule has 11 heteroatoms. The number of nitrogens with one attached hydrogen (secondary N) is 1. The van der Waals surface area contributed by atoms with E-state index in [1.807, 2.05) is 0 Å². The predicted octanol–water partition coefficient (Wildman–Crippen LogP) is 1.59. The van der Waals surface area contributed by atoms with Crippen molar-refractivity contribution in [2.75, 3.05) is 26.8 Å². The van der Waals surface area contributed by atoms with Gasteiger partial charge in [0.05, 0.1) is 12.8 Å². The van der Waals surface area contributed by atoms with Crippen LogP contribution in [-0.2, 0) is 16.2 Å². The minimum Gasteiger partial charge on any atom is -0.494 e. The Morgan fingerprint density at radius 3 is 2.74 bits per heavy atom. The molecule has 1 fully saturated rings. The third-order valence-electron chi connectivity index (χ3n) is 6.28. The fraction of sp³-hybridized carbons (Fsp3) is 0.458. The molecule has 1 aromatic carbocycles. The van der Waals surface area contributed by atoms with Crippen LogP contribution < -0.4 is 10.1 Å². The Labute approximate surface area is 202 Å². The van der Waals surface area contributed by atoms with E-state index in [0.29, 0.717) is 42.3 Å². The topological polar surface area (TPSA) is 126 Å². The van der Waals surface area contributed by atoms with Crippen molar-refractivity contribution in [2.45, 2.75) is 38.8 Å². The number of carbonyl (C=O) groups is 2. The van der Waals surface area contributed by atoms with Crippen LogP contribution in [0, 0.1) is 18.7 Å². The zero-order valence-electron chi connectivity index (χ0n) is 19.7. The van der Waals surface area contributed by atoms with E-state index in [9.17, 15) is 14.0 Å². The Bertz CT molecular complexity index is 1130. The quantitative estimate of drug-likeness (QED) is 0.610. The molecule has 2 aromatic rings. The van der Waals surface area contributed by atoms with E-state index in [0.717, 1.165) is 12.8 Å². The average Bonchev–Trinajstić information content (AvgIpc) is 3.38. The Kier molecular flexibility index (Phi) is 7.54. The first-order chi connectivity index (χ1) is 16.9. The average molecular weight is 486 g/mol. The van der Waals surface area contributed by atoms with E-state index in [1.165, 1.54) is 19.2 Å².